The van der Waals surface area contributed by atoms with E-state index in [1.165, 1.54) is 57.4 Å². The third-order valence-electron chi connectivity index (χ3n) is 10.4. The second-order valence-corrected chi connectivity index (χ2v) is 20.1. The molecule has 0 N–H and O–H groups in total. The summed E-state index contributed by atoms with van der Waals surface area (Å²) < 4.78 is 69.1. The Bertz CT molecular complexity index is 2610. The zero-order chi connectivity index (χ0) is 51.5. The molecule has 0 saturated heterocycles. The minimum Gasteiger partial charge on any atom is -0.462 e. The van der Waals surface area contributed by atoms with Crippen molar-refractivity contribution in [2.75, 3.05) is 45.5 Å². The SMILES string of the molecule is CC(=O)OC/C(=C(\C(=O)OCCCCCCO[N+](=O)[O-])c1ccccc1)c1ccc(S(C)(=O)=O)cc1.CCCCCCCCOC(=O)/C(=C(\COC(C)=O)c1ccc(S(C)(=O)=O)cc1)c1ccccc1. The van der Waals surface area contributed by atoms with E-state index in [9.17, 15) is 46.1 Å². The molecule has 0 unspecified atom stereocenters. The van der Waals surface area contributed by atoms with Gasteiger partial charge < -0.3 is 23.8 Å². The fourth-order valence-electron chi connectivity index (χ4n) is 6.85. The van der Waals surface area contributed by atoms with Crippen molar-refractivity contribution in [3.05, 3.63) is 142 Å². The van der Waals surface area contributed by atoms with Crippen molar-refractivity contribution in [2.45, 2.75) is 94.8 Å². The average molecular weight is 1010 g/mol. The highest BCUT2D eigenvalue weighted by Gasteiger charge is 2.24. The van der Waals surface area contributed by atoms with E-state index < -0.39 is 48.6 Å². The summed E-state index contributed by atoms with van der Waals surface area (Å²) in [5.74, 6) is -2.15. The Balaban J connectivity index is 0.000000371. The monoisotopic (exact) mass is 1010 g/mol. The molecule has 70 heavy (non-hydrogen) atoms. The third-order valence-corrected chi connectivity index (χ3v) is 12.7. The van der Waals surface area contributed by atoms with Crippen molar-refractivity contribution in [3.63, 3.8) is 0 Å². The molecule has 4 aromatic carbocycles. The van der Waals surface area contributed by atoms with Gasteiger partial charge in [-0.15, -0.1) is 10.1 Å². The van der Waals surface area contributed by atoms with Gasteiger partial charge in [0, 0.05) is 37.5 Å². The summed E-state index contributed by atoms with van der Waals surface area (Å²) in [6.07, 6.45) is 11.1. The van der Waals surface area contributed by atoms with Crippen molar-refractivity contribution in [2.24, 2.45) is 0 Å². The summed E-state index contributed by atoms with van der Waals surface area (Å²) in [6.45, 7) is 4.79. The number of carbonyl (C=O) groups is 4. The van der Waals surface area contributed by atoms with Crippen molar-refractivity contribution in [1.82, 2.24) is 0 Å². The van der Waals surface area contributed by atoms with Gasteiger partial charge in [0.25, 0.3) is 5.09 Å². The maximum absolute atomic E-state index is 13.2. The van der Waals surface area contributed by atoms with Gasteiger partial charge in [-0.1, -0.05) is 130 Å². The van der Waals surface area contributed by atoms with Crippen LogP contribution in [-0.4, -0.2) is 91.3 Å². The highest BCUT2D eigenvalue weighted by molar-refractivity contribution is 7.91. The maximum Gasteiger partial charge on any atom is 0.339 e. The lowest BCUT2D eigenvalue weighted by Crippen LogP contribution is -2.14. The van der Waals surface area contributed by atoms with Gasteiger partial charge in [-0.3, -0.25) is 9.59 Å². The van der Waals surface area contributed by atoms with E-state index in [4.69, 9.17) is 18.9 Å². The molecule has 18 heteroatoms. The molecule has 4 aromatic rings. The summed E-state index contributed by atoms with van der Waals surface area (Å²) in [7, 11) is -6.80. The largest absolute Gasteiger partial charge is 0.462 e. The molecule has 0 radical (unpaired) electrons. The quantitative estimate of drug-likeness (QED) is 0.0103. The fourth-order valence-corrected chi connectivity index (χ4v) is 8.11. The number of unbranched alkanes of at least 4 members (excludes halogenated alkanes) is 8. The molecule has 0 aliphatic heterocycles. The highest BCUT2D eigenvalue weighted by Crippen LogP contribution is 2.31. The van der Waals surface area contributed by atoms with E-state index in [0.717, 1.165) is 31.8 Å². The van der Waals surface area contributed by atoms with Gasteiger partial charge in [-0.25, -0.2) is 26.4 Å². The van der Waals surface area contributed by atoms with Crippen LogP contribution in [0.3, 0.4) is 0 Å². The topological polar surface area (TPSA) is 226 Å². The number of carbonyl (C=O) groups excluding carboxylic acids is 4. The van der Waals surface area contributed by atoms with Crippen LogP contribution in [0.1, 0.15) is 107 Å². The molecule has 378 valence electrons. The van der Waals surface area contributed by atoms with Crippen molar-refractivity contribution in [3.8, 4) is 0 Å². The molecular weight excluding hydrogens is 943 g/mol. The molecule has 0 amide bonds. The van der Waals surface area contributed by atoms with Crippen LogP contribution in [0.5, 0.6) is 0 Å². The molecule has 0 aromatic heterocycles. The first-order chi connectivity index (χ1) is 33.3. The molecule has 0 bridgehead atoms. The molecule has 4 rings (SSSR count). The first-order valence-corrected chi connectivity index (χ1v) is 26.7. The highest BCUT2D eigenvalue weighted by atomic mass is 32.2. The number of benzene rings is 4. The van der Waals surface area contributed by atoms with E-state index in [1.54, 1.807) is 66.7 Å². The van der Waals surface area contributed by atoms with E-state index >= 15 is 0 Å². The van der Waals surface area contributed by atoms with Gasteiger partial charge in [0.2, 0.25) is 0 Å². The van der Waals surface area contributed by atoms with Crippen molar-refractivity contribution in [1.29, 1.82) is 0 Å². The Morgan fingerprint density at radius 1 is 0.471 bits per heavy atom. The number of ether oxygens (including phenoxy) is 4. The first-order valence-electron chi connectivity index (χ1n) is 22.9. The number of hydrogen-bond donors (Lipinski definition) is 0. The Hall–Kier alpha value is -6.66. The maximum atomic E-state index is 13.2. The lowest BCUT2D eigenvalue weighted by Gasteiger charge is -2.16. The number of rotatable bonds is 27. The zero-order valence-electron chi connectivity index (χ0n) is 40.4. The van der Waals surface area contributed by atoms with Gasteiger partial charge in [-0.05, 0) is 72.2 Å². The summed E-state index contributed by atoms with van der Waals surface area (Å²) in [5, 5.41) is 9.33. The molecule has 0 fully saturated rings. The van der Waals surface area contributed by atoms with Crippen LogP contribution in [0, 0.1) is 10.1 Å². The summed E-state index contributed by atoms with van der Waals surface area (Å²) in [4.78, 5) is 64.3. The van der Waals surface area contributed by atoms with Crippen LogP contribution in [0.25, 0.3) is 22.3 Å². The second-order valence-electron chi connectivity index (χ2n) is 16.1. The van der Waals surface area contributed by atoms with Gasteiger partial charge in [0.1, 0.15) is 13.2 Å². The van der Waals surface area contributed by atoms with E-state index in [-0.39, 0.29) is 41.8 Å². The van der Waals surface area contributed by atoms with Gasteiger partial charge in [0.15, 0.2) is 19.7 Å². The van der Waals surface area contributed by atoms with Crippen LogP contribution >= 0.6 is 0 Å². The molecule has 0 heterocycles. The molecule has 0 aliphatic rings. The Labute approximate surface area is 411 Å². The first kappa shape index (κ1) is 57.7. The van der Waals surface area contributed by atoms with Crippen LogP contribution in [-0.2, 0) is 62.6 Å². The van der Waals surface area contributed by atoms with Crippen molar-refractivity contribution >= 4 is 65.8 Å². The zero-order valence-corrected chi connectivity index (χ0v) is 42.0. The van der Waals surface area contributed by atoms with E-state index in [1.807, 2.05) is 18.2 Å². The molecule has 0 atom stereocenters. The minimum atomic E-state index is -3.42. The lowest BCUT2D eigenvalue weighted by atomic mass is 9.95. The molecule has 0 saturated carbocycles. The van der Waals surface area contributed by atoms with Gasteiger partial charge in [-0.2, -0.15) is 0 Å². The van der Waals surface area contributed by atoms with Crippen LogP contribution in [0.15, 0.2) is 119 Å². The lowest BCUT2D eigenvalue weighted by molar-refractivity contribution is -0.757. The summed E-state index contributed by atoms with van der Waals surface area (Å²) in [6, 6.07) is 29.9. The van der Waals surface area contributed by atoms with Gasteiger partial charge in [0.05, 0.1) is 40.8 Å². The number of sulfone groups is 2. The molecule has 0 spiro atoms. The predicted molar refractivity (Wildman–Crippen MR) is 266 cm³/mol. The van der Waals surface area contributed by atoms with Gasteiger partial charge >= 0.3 is 23.9 Å². The van der Waals surface area contributed by atoms with Crippen LogP contribution in [0.4, 0.5) is 0 Å². The molecular formula is C52H63NO15S2. The molecule has 0 aliphatic carbocycles. The predicted octanol–water partition coefficient (Wildman–Crippen LogP) is 9.34. The average Bonchev–Trinajstić information content (AvgIpc) is 3.32. The van der Waals surface area contributed by atoms with Crippen LogP contribution in [0.2, 0.25) is 0 Å². The normalized spacial score (nSPS) is 12.0. The van der Waals surface area contributed by atoms with Crippen molar-refractivity contribution < 1.29 is 64.9 Å². The fraction of sp³-hybridized carbons (Fsp3) is 0.385. The Morgan fingerprint density at radius 3 is 1.14 bits per heavy atom. The number of esters is 4. The standard InChI is InChI=1S/C27H34O6S.C25H29NO9S/c1-4-5-6-7-8-12-19-32-27(29)26(23-13-10-9-11-14-23)25(20-33-21(2)28)22-15-17-24(18-16-22)34(3,30)31;1-19(27)34-18-23(20-12-14-22(15-13-20)36(2,31)32)24(21-10-6-5-7-11-21)25(28)33-16-8-3-4-9-17-35-26(29)30/h9-11,13-18H,4-8,12,19-20H2,1-3H3;5-7,10-15H,3-4,8-9,16-18H2,1-2H3/b26-25+;24-23+. The third kappa shape index (κ3) is 20.9. The smallest absolute Gasteiger partial charge is 0.339 e. The second kappa shape index (κ2) is 30.1. The van der Waals surface area contributed by atoms with E-state index in [0.29, 0.717) is 71.3 Å². The summed E-state index contributed by atoms with van der Waals surface area (Å²) >= 11 is 0. The Morgan fingerprint density at radius 2 is 0.814 bits per heavy atom. The molecule has 16 nitrogen and oxygen atoms in total. The van der Waals surface area contributed by atoms with E-state index in [2.05, 4.69) is 11.8 Å². The number of hydrogen-bond acceptors (Lipinski definition) is 15. The minimum absolute atomic E-state index is 0.0192. The van der Waals surface area contributed by atoms with Crippen LogP contribution < -0.4 is 0 Å². The Kier molecular flexibility index (Phi) is 24.8. The summed E-state index contributed by atoms with van der Waals surface area (Å²) in [5.41, 5.74) is 3.57. The number of nitrogens with zero attached hydrogens (tertiary/aromatic N) is 1.